The number of nitrogens with zero attached hydrogens (tertiary/aromatic N) is 2. The number of carbonyl (C=O) groups excluding carboxylic acids is 1. The molecule has 0 aliphatic heterocycles. The predicted molar refractivity (Wildman–Crippen MR) is 77.7 cm³/mol. The van der Waals surface area contributed by atoms with E-state index < -0.39 is 0 Å². The van der Waals surface area contributed by atoms with Gasteiger partial charge in [0.05, 0.1) is 5.75 Å². The molecule has 0 aliphatic carbocycles. The van der Waals surface area contributed by atoms with E-state index in [1.165, 1.54) is 11.8 Å². The first-order valence-electron chi connectivity index (χ1n) is 6.11. The van der Waals surface area contributed by atoms with Gasteiger partial charge in [-0.25, -0.2) is 9.97 Å². The molecule has 0 N–H and O–H groups in total. The minimum Gasteiger partial charge on any atom is -0.293 e. The molecule has 1 aromatic heterocycles. The molecule has 0 fully saturated rings. The van der Waals surface area contributed by atoms with Gasteiger partial charge in [0.25, 0.3) is 0 Å². The van der Waals surface area contributed by atoms with E-state index in [-0.39, 0.29) is 5.78 Å². The fraction of sp³-hybridized carbons (Fsp3) is 0.267. The van der Waals surface area contributed by atoms with Crippen LogP contribution in [0.15, 0.2) is 35.5 Å². The quantitative estimate of drug-likeness (QED) is 0.486. The first kappa shape index (κ1) is 13.7. The fourth-order valence-electron chi connectivity index (χ4n) is 1.64. The number of thioether (sulfide) groups is 1. The Morgan fingerprint density at radius 1 is 1.05 bits per heavy atom. The third kappa shape index (κ3) is 3.41. The second kappa shape index (κ2) is 5.97. The van der Waals surface area contributed by atoms with Crippen LogP contribution in [0, 0.1) is 20.8 Å². The van der Waals surface area contributed by atoms with Gasteiger partial charge in [-0.3, -0.25) is 4.79 Å². The summed E-state index contributed by atoms with van der Waals surface area (Å²) in [5.74, 6) is 0.469. The summed E-state index contributed by atoms with van der Waals surface area (Å²) < 4.78 is 0. The van der Waals surface area contributed by atoms with Crippen LogP contribution in [-0.2, 0) is 0 Å². The van der Waals surface area contributed by atoms with E-state index in [0.717, 1.165) is 22.5 Å². The van der Waals surface area contributed by atoms with Crippen LogP contribution < -0.4 is 0 Å². The molecule has 98 valence electrons. The summed E-state index contributed by atoms with van der Waals surface area (Å²) in [7, 11) is 0. The molecule has 0 atom stereocenters. The van der Waals surface area contributed by atoms with Crippen LogP contribution in [0.1, 0.15) is 27.3 Å². The van der Waals surface area contributed by atoms with E-state index in [0.29, 0.717) is 10.9 Å². The summed E-state index contributed by atoms with van der Waals surface area (Å²) in [6, 6.07) is 9.30. The van der Waals surface area contributed by atoms with Crippen LogP contribution in [0.25, 0.3) is 0 Å². The van der Waals surface area contributed by atoms with Gasteiger partial charge in [0.2, 0.25) is 0 Å². The maximum absolute atomic E-state index is 12.0. The average Bonchev–Trinajstić information content (AvgIpc) is 2.43. The van der Waals surface area contributed by atoms with Crippen molar-refractivity contribution < 1.29 is 4.79 Å². The van der Waals surface area contributed by atoms with Crippen molar-refractivity contribution in [3.05, 3.63) is 52.8 Å². The van der Waals surface area contributed by atoms with Crippen molar-refractivity contribution in [1.29, 1.82) is 0 Å². The molecular weight excluding hydrogens is 256 g/mol. The molecule has 0 aliphatic rings. The minimum absolute atomic E-state index is 0.102. The summed E-state index contributed by atoms with van der Waals surface area (Å²) in [4.78, 5) is 20.8. The molecule has 0 radical (unpaired) electrons. The van der Waals surface area contributed by atoms with Crippen molar-refractivity contribution in [1.82, 2.24) is 9.97 Å². The summed E-state index contributed by atoms with van der Waals surface area (Å²) >= 11 is 1.39. The maximum atomic E-state index is 12.0. The van der Waals surface area contributed by atoms with E-state index in [2.05, 4.69) is 9.97 Å². The lowest BCUT2D eigenvalue weighted by atomic mass is 10.2. The lowest BCUT2D eigenvalue weighted by Crippen LogP contribution is -2.04. The van der Waals surface area contributed by atoms with Gasteiger partial charge < -0.3 is 0 Å². The Morgan fingerprint density at radius 2 is 1.63 bits per heavy atom. The fourth-order valence-corrected chi connectivity index (χ4v) is 2.47. The monoisotopic (exact) mass is 272 g/mol. The molecule has 2 rings (SSSR count). The highest BCUT2D eigenvalue weighted by Gasteiger charge is 2.09. The first-order valence-corrected chi connectivity index (χ1v) is 7.09. The predicted octanol–water partition coefficient (Wildman–Crippen LogP) is 3.38. The van der Waals surface area contributed by atoms with Gasteiger partial charge in [0.15, 0.2) is 10.9 Å². The lowest BCUT2D eigenvalue weighted by Gasteiger charge is -2.06. The Morgan fingerprint density at radius 3 is 2.21 bits per heavy atom. The zero-order chi connectivity index (χ0) is 13.8. The Balaban J connectivity index is 2.05. The first-order chi connectivity index (χ1) is 9.08. The largest absolute Gasteiger partial charge is 0.293 e. The molecule has 0 amide bonds. The van der Waals surface area contributed by atoms with E-state index in [4.69, 9.17) is 0 Å². The molecule has 0 spiro atoms. The summed E-state index contributed by atoms with van der Waals surface area (Å²) in [6.45, 7) is 5.94. The van der Waals surface area contributed by atoms with Gasteiger partial charge in [-0.05, 0) is 26.3 Å². The van der Waals surface area contributed by atoms with E-state index in [9.17, 15) is 4.79 Å². The van der Waals surface area contributed by atoms with Gasteiger partial charge in [-0.15, -0.1) is 0 Å². The zero-order valence-electron chi connectivity index (χ0n) is 11.3. The number of carbonyl (C=O) groups is 1. The Kier molecular flexibility index (Phi) is 4.32. The number of hydrogen-bond donors (Lipinski definition) is 0. The van der Waals surface area contributed by atoms with Crippen LogP contribution in [0.2, 0.25) is 0 Å². The van der Waals surface area contributed by atoms with E-state index in [1.807, 2.05) is 51.1 Å². The number of aryl methyl sites for hydroxylation is 2. The summed E-state index contributed by atoms with van der Waals surface area (Å²) in [5.41, 5.74) is 3.79. The van der Waals surface area contributed by atoms with Crippen LogP contribution in [0.5, 0.6) is 0 Å². The van der Waals surface area contributed by atoms with Crippen molar-refractivity contribution >= 4 is 17.5 Å². The highest BCUT2D eigenvalue weighted by Crippen LogP contribution is 2.18. The van der Waals surface area contributed by atoms with Crippen molar-refractivity contribution in [3.8, 4) is 0 Å². The number of Topliss-reactive ketones (excluding diaryl/α,β-unsaturated/α-hetero) is 1. The number of rotatable bonds is 4. The number of ketones is 1. The molecule has 19 heavy (non-hydrogen) atoms. The third-order valence-corrected chi connectivity index (χ3v) is 3.89. The number of benzene rings is 1. The van der Waals surface area contributed by atoms with E-state index in [1.54, 1.807) is 0 Å². The van der Waals surface area contributed by atoms with E-state index >= 15 is 0 Å². The maximum Gasteiger partial charge on any atom is 0.188 e. The standard InChI is InChI=1S/C15H16N2OS/c1-10-11(2)16-15(17-12(10)3)19-9-14(18)13-7-5-4-6-8-13/h4-8H,9H2,1-3H3. The molecule has 4 heteroatoms. The van der Waals surface area contributed by atoms with Gasteiger partial charge in [0.1, 0.15) is 0 Å². The van der Waals surface area contributed by atoms with Gasteiger partial charge in [-0.2, -0.15) is 0 Å². The third-order valence-electron chi connectivity index (χ3n) is 3.04. The van der Waals surface area contributed by atoms with Crippen molar-refractivity contribution in [2.75, 3.05) is 5.75 Å². The van der Waals surface area contributed by atoms with Crippen LogP contribution in [-0.4, -0.2) is 21.5 Å². The van der Waals surface area contributed by atoms with Crippen molar-refractivity contribution in [2.45, 2.75) is 25.9 Å². The minimum atomic E-state index is 0.102. The van der Waals surface area contributed by atoms with Gasteiger partial charge in [0, 0.05) is 17.0 Å². The van der Waals surface area contributed by atoms with Crippen LogP contribution >= 0.6 is 11.8 Å². The topological polar surface area (TPSA) is 42.9 Å². The second-order valence-electron chi connectivity index (χ2n) is 4.38. The molecule has 0 bridgehead atoms. The molecule has 0 saturated heterocycles. The van der Waals surface area contributed by atoms with Crippen molar-refractivity contribution in [2.24, 2.45) is 0 Å². The SMILES string of the molecule is Cc1nc(SCC(=O)c2ccccc2)nc(C)c1C. The highest BCUT2D eigenvalue weighted by atomic mass is 32.2. The average molecular weight is 272 g/mol. The van der Waals surface area contributed by atoms with Gasteiger partial charge >= 0.3 is 0 Å². The van der Waals surface area contributed by atoms with Crippen LogP contribution in [0.4, 0.5) is 0 Å². The Labute approximate surface area is 117 Å². The molecule has 3 nitrogen and oxygen atoms in total. The smallest absolute Gasteiger partial charge is 0.188 e. The van der Waals surface area contributed by atoms with Gasteiger partial charge in [-0.1, -0.05) is 42.1 Å². The molecule has 0 saturated carbocycles. The molecule has 2 aromatic rings. The molecule has 1 aromatic carbocycles. The zero-order valence-corrected chi connectivity index (χ0v) is 12.1. The normalized spacial score (nSPS) is 10.5. The second-order valence-corrected chi connectivity index (χ2v) is 5.32. The highest BCUT2D eigenvalue weighted by molar-refractivity contribution is 7.99. The number of aromatic nitrogens is 2. The van der Waals surface area contributed by atoms with Crippen LogP contribution in [0.3, 0.4) is 0 Å². The molecular formula is C15H16N2OS. The molecule has 0 unspecified atom stereocenters. The van der Waals surface area contributed by atoms with Crippen molar-refractivity contribution in [3.63, 3.8) is 0 Å². The summed E-state index contributed by atoms with van der Waals surface area (Å²) in [6.07, 6.45) is 0. The number of hydrogen-bond acceptors (Lipinski definition) is 4. The molecule has 1 heterocycles. The lowest BCUT2D eigenvalue weighted by molar-refractivity contribution is 0.102. The Bertz CT molecular complexity index is 573. The Hall–Kier alpha value is -1.68. The summed E-state index contributed by atoms with van der Waals surface area (Å²) in [5, 5.41) is 0.671.